The van der Waals surface area contributed by atoms with Gasteiger partial charge in [-0.2, -0.15) is 21.0 Å². The normalized spacial score (nSPS) is 14.8. The number of unbranched alkanes of at least 4 members (excludes halogenated alkanes) is 12. The molecule has 11 aromatic rings. The lowest BCUT2D eigenvalue weighted by Crippen LogP contribution is -2.30. The van der Waals surface area contributed by atoms with E-state index in [4.69, 9.17) is 0 Å². The van der Waals surface area contributed by atoms with Crippen LogP contribution < -0.4 is 0 Å². The molecule has 0 amide bonds. The fourth-order valence-corrected chi connectivity index (χ4v) is 22.6. The van der Waals surface area contributed by atoms with Crippen LogP contribution in [0.25, 0.3) is 63.0 Å². The molecule has 15 rings (SSSR count). The third kappa shape index (κ3) is 12.6. The smallest absolute Gasteiger partial charge is 0.194 e. The second kappa shape index (κ2) is 30.8. The first-order valence-corrected chi connectivity index (χ1v) is 41.3. The summed E-state index contributed by atoms with van der Waals surface area (Å²) in [6, 6.07) is 57.3. The van der Waals surface area contributed by atoms with Gasteiger partial charge < -0.3 is 0 Å². The molecule has 0 N–H and O–H groups in total. The highest BCUT2D eigenvalue weighted by atomic mass is 32.1. The van der Waals surface area contributed by atoms with Gasteiger partial charge in [0.1, 0.15) is 35.4 Å². The number of nitriles is 4. The van der Waals surface area contributed by atoms with Gasteiger partial charge in [-0.1, -0.05) is 202 Å². The number of fused-ring (bicyclic) bond motifs is 12. The van der Waals surface area contributed by atoms with Crippen molar-refractivity contribution in [3.63, 3.8) is 0 Å². The lowest BCUT2D eigenvalue weighted by molar-refractivity contribution is 0.103. The first-order chi connectivity index (χ1) is 52.7. The van der Waals surface area contributed by atoms with E-state index in [-0.39, 0.29) is 55.7 Å². The van der Waals surface area contributed by atoms with Gasteiger partial charge in [-0.3, -0.25) is 9.59 Å². The molecule has 0 unspecified atom stereocenters. The molecule has 0 radical (unpaired) electrons. The van der Waals surface area contributed by atoms with E-state index < -0.39 is 45.7 Å². The molecule has 0 bridgehead atoms. The van der Waals surface area contributed by atoms with Gasteiger partial charge in [-0.05, 0) is 190 Å². The number of Topliss-reactive ketones (excluding diaryl/α,β-unsaturated/α-hetero) is 2. The van der Waals surface area contributed by atoms with Gasteiger partial charge in [0.05, 0.1) is 20.2 Å². The van der Waals surface area contributed by atoms with Crippen LogP contribution in [0.2, 0.25) is 0 Å². The zero-order chi connectivity index (χ0) is 75.1. The van der Waals surface area contributed by atoms with E-state index in [1.807, 2.05) is 24.3 Å². The quantitative estimate of drug-likeness (QED) is 0.0230. The summed E-state index contributed by atoms with van der Waals surface area (Å²) in [5.74, 6) is -6.03. The zero-order valence-corrected chi connectivity index (χ0v) is 64.2. The molecule has 0 spiro atoms. The number of carbonyl (C=O) groups is 2. The summed E-state index contributed by atoms with van der Waals surface area (Å²) >= 11 is 6.40. The number of hydrogen-bond donors (Lipinski definition) is 0. The van der Waals surface area contributed by atoms with Crippen molar-refractivity contribution in [3.05, 3.63) is 290 Å². The molecule has 4 heterocycles. The molecule has 0 atom stereocenters. The predicted octanol–water partition coefficient (Wildman–Crippen LogP) is 26.2. The minimum Gasteiger partial charge on any atom is -0.289 e. The summed E-state index contributed by atoms with van der Waals surface area (Å²) in [7, 11) is 0. The molecule has 4 aromatic heterocycles. The van der Waals surface area contributed by atoms with Crippen LogP contribution in [0.15, 0.2) is 168 Å². The van der Waals surface area contributed by atoms with Crippen LogP contribution >= 0.6 is 45.3 Å². The minimum atomic E-state index is -1.21. The van der Waals surface area contributed by atoms with Crippen LogP contribution in [0.3, 0.4) is 0 Å². The Balaban J connectivity index is 1.01. The Morgan fingerprint density at radius 3 is 0.926 bits per heavy atom. The topological polar surface area (TPSA) is 129 Å². The number of aryl methyl sites for hydroxylation is 4. The third-order valence-corrected chi connectivity index (χ3v) is 27.3. The molecule has 0 fully saturated rings. The summed E-state index contributed by atoms with van der Waals surface area (Å²) < 4.78 is 64.5. The van der Waals surface area contributed by atoms with Gasteiger partial charge in [-0.25, -0.2) is 17.6 Å². The van der Waals surface area contributed by atoms with Crippen molar-refractivity contribution in [3.8, 4) is 45.2 Å². The molecule has 4 aliphatic carbocycles. The second-order valence-corrected chi connectivity index (χ2v) is 33.4. The maximum absolute atomic E-state index is 15.2. The van der Waals surface area contributed by atoms with Gasteiger partial charge in [-0.15, -0.1) is 45.3 Å². The zero-order valence-electron chi connectivity index (χ0n) is 60.9. The molecule has 0 saturated heterocycles. The number of ketones is 2. The Kier molecular flexibility index (Phi) is 20.9. The van der Waals surface area contributed by atoms with E-state index in [1.54, 1.807) is 34.8 Å². The molecular weight excluding hydrogens is 1420 g/mol. The Hall–Kier alpha value is -10.2. The summed E-state index contributed by atoms with van der Waals surface area (Å²) in [4.78, 5) is 32.7. The van der Waals surface area contributed by atoms with Crippen LogP contribution in [0.4, 0.5) is 17.6 Å². The van der Waals surface area contributed by atoms with Crippen molar-refractivity contribution in [2.24, 2.45) is 0 Å². The molecule has 4 aliphatic rings. The Bertz CT molecular complexity index is 5270. The maximum Gasteiger partial charge on any atom is 0.194 e. The Morgan fingerprint density at radius 1 is 0.361 bits per heavy atom. The van der Waals surface area contributed by atoms with E-state index in [2.05, 4.69) is 149 Å². The van der Waals surface area contributed by atoms with E-state index in [0.29, 0.717) is 9.75 Å². The standard InChI is InChI=1S/C94H78F4N4O2S4/c1-5-9-13-17-21-55-25-33-61(34-26-55)93(62-35-27-56(28-36-62)22-18-14-10-6-2)75-45-72-76(46-71(75)89-85(93)91-81(107-89)43-65(105-91)41-73-83(59(51-99)52-100)67-47-77(95)79(97)49-69(67)87(73)103)94(63-37-29-57(30-38-63)23-19-15-11-7-3,64-39-31-58(32-40-64)24-20-16-12-8-4)86-90(72)108-82-44-66(106-92(82)86)42-74-84(60(53-101)54-102)68-48-78(96)80(98)50-70(68)88(74)104/h25-50H,5-24H2,1-4H3/b73-41+,74-42+. The number of hydrogen-bond acceptors (Lipinski definition) is 10. The van der Waals surface area contributed by atoms with Crippen LogP contribution in [0.1, 0.15) is 239 Å². The fraction of sp³-hybridized carbons (Fsp3) is 0.277. The number of benzene rings is 7. The van der Waals surface area contributed by atoms with Gasteiger partial charge in [0.2, 0.25) is 0 Å². The second-order valence-electron chi connectivity index (χ2n) is 29.1. The first kappa shape index (κ1) is 73.4. The molecule has 6 nitrogen and oxygen atoms in total. The van der Waals surface area contributed by atoms with Crippen molar-refractivity contribution in [1.82, 2.24) is 0 Å². The number of rotatable bonds is 26. The molecular formula is C94H78F4N4O2S4. The summed E-state index contributed by atoms with van der Waals surface area (Å²) in [6.45, 7) is 8.91. The Morgan fingerprint density at radius 2 is 0.648 bits per heavy atom. The van der Waals surface area contributed by atoms with Gasteiger partial charge in [0.15, 0.2) is 34.8 Å². The van der Waals surface area contributed by atoms with Crippen LogP contribution in [0, 0.1) is 68.6 Å². The number of carbonyl (C=O) groups excluding carboxylic acids is 2. The minimum absolute atomic E-state index is 0.00501. The van der Waals surface area contributed by atoms with E-state index >= 15 is 17.6 Å². The summed E-state index contributed by atoms with van der Waals surface area (Å²) in [6.07, 6.45) is 25.0. The summed E-state index contributed by atoms with van der Waals surface area (Å²) in [5, 5.41) is 41.6. The van der Waals surface area contributed by atoms with E-state index in [0.717, 1.165) is 237 Å². The first-order valence-electron chi connectivity index (χ1n) is 38.0. The number of allylic oxidation sites excluding steroid dienone is 6. The molecule has 7 aromatic carbocycles. The van der Waals surface area contributed by atoms with E-state index in [1.165, 1.54) is 44.9 Å². The largest absolute Gasteiger partial charge is 0.289 e. The average molecular weight is 1500 g/mol. The maximum atomic E-state index is 15.2. The van der Waals surface area contributed by atoms with Gasteiger partial charge >= 0.3 is 0 Å². The average Bonchev–Trinajstić information content (AvgIpc) is 1.49. The molecule has 538 valence electrons. The molecule has 108 heavy (non-hydrogen) atoms. The van der Waals surface area contributed by atoms with Crippen LogP contribution in [-0.2, 0) is 36.5 Å². The molecule has 14 heteroatoms. The molecule has 0 aliphatic heterocycles. The van der Waals surface area contributed by atoms with Crippen molar-refractivity contribution in [1.29, 1.82) is 21.0 Å². The van der Waals surface area contributed by atoms with Crippen molar-refractivity contribution in [2.45, 2.75) is 167 Å². The number of halogens is 4. The highest BCUT2D eigenvalue weighted by molar-refractivity contribution is 7.31. The van der Waals surface area contributed by atoms with Crippen molar-refractivity contribution < 1.29 is 27.2 Å². The lowest BCUT2D eigenvalue weighted by atomic mass is 9.65. The fourth-order valence-electron chi connectivity index (χ4n) is 17.2. The van der Waals surface area contributed by atoms with Crippen molar-refractivity contribution >= 4 is 99.0 Å². The number of thiophene rings is 4. The van der Waals surface area contributed by atoms with Gasteiger partial charge in [0, 0.05) is 73.5 Å². The molecule has 0 saturated carbocycles. The highest BCUT2D eigenvalue weighted by Crippen LogP contribution is 2.68. The number of nitrogens with zero attached hydrogens (tertiary/aromatic N) is 4. The summed E-state index contributed by atoms with van der Waals surface area (Å²) in [5.41, 5.74) is 12.8. The lowest BCUT2D eigenvalue weighted by Gasteiger charge is -2.36. The highest BCUT2D eigenvalue weighted by Gasteiger charge is 2.55. The SMILES string of the molecule is CCCCCCc1ccc(C2(c3ccc(CCCCCC)cc3)c3cc4c(cc3-c3sc5cc(/C=C6/C(=O)c7cc(F)c(F)cc7C6=C(C#N)C#N)sc5c32)C(c2ccc(CCCCCC)cc2)(c2ccc(CCCCCC)cc2)c2c-4sc3cc(/C=C4/C(=O)c5cc(F)c(F)cc5C4=C(C#N)C#N)sc23)cc1. The van der Waals surface area contributed by atoms with Crippen LogP contribution in [0.5, 0.6) is 0 Å². The van der Waals surface area contributed by atoms with E-state index in [9.17, 15) is 30.6 Å². The predicted molar refractivity (Wildman–Crippen MR) is 433 cm³/mol. The van der Waals surface area contributed by atoms with Crippen molar-refractivity contribution in [2.75, 3.05) is 0 Å². The van der Waals surface area contributed by atoms with Gasteiger partial charge in [0.25, 0.3) is 0 Å². The third-order valence-electron chi connectivity index (χ3n) is 22.5. The Labute approximate surface area is 644 Å². The van der Waals surface area contributed by atoms with Crippen LogP contribution in [-0.4, -0.2) is 11.6 Å². The monoisotopic (exact) mass is 1500 g/mol.